The molecule has 1 atom stereocenters. The zero-order valence-electron chi connectivity index (χ0n) is 7.43. The highest BCUT2D eigenvalue weighted by atomic mass is 79.9. The monoisotopic (exact) mass is 247 g/mol. The predicted octanol–water partition coefficient (Wildman–Crippen LogP) is 3.05. The summed E-state index contributed by atoms with van der Waals surface area (Å²) in [6, 6.07) is 2.78. The van der Waals surface area contributed by atoms with Crippen LogP contribution in [0.1, 0.15) is 18.7 Å². The van der Waals surface area contributed by atoms with Crippen LogP contribution in [0.25, 0.3) is 0 Å². The van der Waals surface area contributed by atoms with Gasteiger partial charge in [0.15, 0.2) is 0 Å². The van der Waals surface area contributed by atoms with E-state index in [1.165, 1.54) is 9.35 Å². The smallest absolute Gasteiger partial charge is 0.0285 e. The lowest BCUT2D eigenvalue weighted by Gasteiger charge is -2.09. The summed E-state index contributed by atoms with van der Waals surface area (Å²) in [5, 5.41) is 5.53. The molecule has 1 aromatic heterocycles. The van der Waals surface area contributed by atoms with Crippen molar-refractivity contribution in [1.29, 1.82) is 0 Å². The van der Waals surface area contributed by atoms with Gasteiger partial charge in [0.05, 0.1) is 0 Å². The van der Waals surface area contributed by atoms with Gasteiger partial charge in [-0.25, -0.2) is 0 Å². The summed E-state index contributed by atoms with van der Waals surface area (Å²) in [6.45, 7) is 5.41. The van der Waals surface area contributed by atoms with Crippen molar-refractivity contribution >= 4 is 27.3 Å². The molecule has 1 unspecified atom stereocenters. The van der Waals surface area contributed by atoms with Crippen molar-refractivity contribution in [2.24, 2.45) is 0 Å². The van der Waals surface area contributed by atoms with Crippen molar-refractivity contribution < 1.29 is 0 Å². The minimum absolute atomic E-state index is 0.584. The second-order valence-electron chi connectivity index (χ2n) is 2.89. The van der Waals surface area contributed by atoms with E-state index in [1.54, 1.807) is 0 Å². The van der Waals surface area contributed by atoms with Crippen molar-refractivity contribution in [1.82, 2.24) is 5.32 Å². The zero-order valence-corrected chi connectivity index (χ0v) is 9.83. The van der Waals surface area contributed by atoms with Crippen LogP contribution in [0.5, 0.6) is 0 Å². The van der Waals surface area contributed by atoms with Crippen LogP contribution in [0.3, 0.4) is 0 Å². The molecular weight excluding hydrogens is 234 g/mol. The fourth-order valence-corrected chi connectivity index (χ4v) is 2.76. The fraction of sp³-hybridized carbons (Fsp3) is 0.556. The summed E-state index contributed by atoms with van der Waals surface area (Å²) in [7, 11) is 0. The van der Waals surface area contributed by atoms with E-state index in [-0.39, 0.29) is 0 Å². The SMILES string of the molecule is CCNC(C)Cc1cc(Br)cs1. The average molecular weight is 248 g/mol. The van der Waals surface area contributed by atoms with Crippen molar-refractivity contribution in [2.75, 3.05) is 6.54 Å². The summed E-state index contributed by atoms with van der Waals surface area (Å²) < 4.78 is 1.20. The molecule has 3 heteroatoms. The van der Waals surface area contributed by atoms with Crippen molar-refractivity contribution in [3.63, 3.8) is 0 Å². The molecule has 0 saturated carbocycles. The Balaban J connectivity index is 2.41. The second-order valence-corrected chi connectivity index (χ2v) is 4.81. The van der Waals surface area contributed by atoms with E-state index >= 15 is 0 Å². The molecule has 1 heterocycles. The van der Waals surface area contributed by atoms with E-state index < -0.39 is 0 Å². The van der Waals surface area contributed by atoms with E-state index in [9.17, 15) is 0 Å². The third-order valence-electron chi connectivity index (χ3n) is 1.68. The Morgan fingerprint density at radius 2 is 2.42 bits per heavy atom. The molecule has 0 radical (unpaired) electrons. The second kappa shape index (κ2) is 5.00. The van der Waals surface area contributed by atoms with Crippen molar-refractivity contribution in [3.05, 3.63) is 20.8 Å². The summed E-state index contributed by atoms with van der Waals surface area (Å²) >= 11 is 5.27. The van der Waals surface area contributed by atoms with Gasteiger partial charge in [-0.15, -0.1) is 11.3 Å². The number of nitrogens with one attached hydrogen (secondary N) is 1. The lowest BCUT2D eigenvalue weighted by Crippen LogP contribution is -2.27. The van der Waals surface area contributed by atoms with Gasteiger partial charge in [0, 0.05) is 20.8 Å². The molecule has 1 nitrogen and oxygen atoms in total. The minimum Gasteiger partial charge on any atom is -0.314 e. The summed E-state index contributed by atoms with van der Waals surface area (Å²) in [6.07, 6.45) is 1.13. The van der Waals surface area contributed by atoms with E-state index in [4.69, 9.17) is 0 Å². The highest BCUT2D eigenvalue weighted by Crippen LogP contribution is 2.20. The largest absolute Gasteiger partial charge is 0.314 e. The average Bonchev–Trinajstić information content (AvgIpc) is 2.36. The lowest BCUT2D eigenvalue weighted by molar-refractivity contribution is 0.569. The maximum Gasteiger partial charge on any atom is 0.0285 e. The molecule has 1 rings (SSSR count). The molecule has 12 heavy (non-hydrogen) atoms. The van der Waals surface area contributed by atoms with E-state index in [2.05, 4.69) is 46.5 Å². The van der Waals surface area contributed by atoms with Crippen LogP contribution in [0, 0.1) is 0 Å². The lowest BCUT2D eigenvalue weighted by atomic mass is 10.2. The zero-order chi connectivity index (χ0) is 8.97. The minimum atomic E-state index is 0.584. The van der Waals surface area contributed by atoms with E-state index in [1.807, 2.05) is 11.3 Å². The molecule has 0 aliphatic carbocycles. The third-order valence-corrected chi connectivity index (χ3v) is 3.40. The Morgan fingerprint density at radius 1 is 1.67 bits per heavy atom. The van der Waals surface area contributed by atoms with Crippen LogP contribution < -0.4 is 5.32 Å². The molecule has 0 spiro atoms. The molecule has 0 aliphatic rings. The Labute approximate surface area is 86.3 Å². The Kier molecular flexibility index (Phi) is 4.26. The number of hydrogen-bond donors (Lipinski definition) is 1. The van der Waals surface area contributed by atoms with Gasteiger partial charge >= 0.3 is 0 Å². The first-order valence-electron chi connectivity index (χ1n) is 4.18. The Bertz CT molecular complexity index is 234. The molecular formula is C9H14BrNS. The van der Waals surface area contributed by atoms with Gasteiger partial charge in [-0.1, -0.05) is 6.92 Å². The quantitative estimate of drug-likeness (QED) is 0.863. The number of halogens is 1. The molecule has 0 saturated heterocycles. The van der Waals surface area contributed by atoms with Gasteiger partial charge in [0.1, 0.15) is 0 Å². The fourth-order valence-electron chi connectivity index (χ4n) is 1.18. The van der Waals surface area contributed by atoms with Gasteiger partial charge in [-0.05, 0) is 41.9 Å². The number of thiophene rings is 1. The van der Waals surface area contributed by atoms with Crippen LogP contribution in [0.15, 0.2) is 15.9 Å². The molecule has 0 aliphatic heterocycles. The molecule has 0 bridgehead atoms. The summed E-state index contributed by atoms with van der Waals surface area (Å²) in [5.74, 6) is 0. The molecule has 68 valence electrons. The topological polar surface area (TPSA) is 12.0 Å². The van der Waals surface area contributed by atoms with Crippen LogP contribution in [0.4, 0.5) is 0 Å². The molecule has 1 aromatic rings. The van der Waals surface area contributed by atoms with Crippen LogP contribution in [0.2, 0.25) is 0 Å². The third kappa shape index (κ3) is 3.25. The molecule has 0 aromatic carbocycles. The van der Waals surface area contributed by atoms with E-state index in [0.29, 0.717) is 6.04 Å². The number of rotatable bonds is 4. The standard InChI is InChI=1S/C9H14BrNS/c1-3-11-7(2)4-9-5-8(10)6-12-9/h5-7,11H,3-4H2,1-2H3. The van der Waals surface area contributed by atoms with Gasteiger partial charge < -0.3 is 5.32 Å². The van der Waals surface area contributed by atoms with Gasteiger partial charge in [-0.3, -0.25) is 0 Å². The van der Waals surface area contributed by atoms with Crippen molar-refractivity contribution in [3.8, 4) is 0 Å². The highest BCUT2D eigenvalue weighted by Gasteiger charge is 2.03. The first kappa shape index (κ1) is 10.2. The Morgan fingerprint density at radius 3 is 2.92 bits per heavy atom. The number of likely N-dealkylation sites (N-methyl/N-ethyl adjacent to an activating group) is 1. The maximum atomic E-state index is 3.45. The van der Waals surface area contributed by atoms with Crippen LogP contribution >= 0.6 is 27.3 Å². The summed E-state index contributed by atoms with van der Waals surface area (Å²) in [5.41, 5.74) is 0. The molecule has 0 amide bonds. The normalized spacial score (nSPS) is 13.2. The van der Waals surface area contributed by atoms with Gasteiger partial charge in [-0.2, -0.15) is 0 Å². The van der Waals surface area contributed by atoms with E-state index in [0.717, 1.165) is 13.0 Å². The first-order valence-corrected chi connectivity index (χ1v) is 5.86. The first-order chi connectivity index (χ1) is 5.72. The maximum absolute atomic E-state index is 3.45. The van der Waals surface area contributed by atoms with Gasteiger partial charge in [0.25, 0.3) is 0 Å². The van der Waals surface area contributed by atoms with Crippen LogP contribution in [-0.4, -0.2) is 12.6 Å². The van der Waals surface area contributed by atoms with Gasteiger partial charge in [0.2, 0.25) is 0 Å². The predicted molar refractivity (Wildman–Crippen MR) is 58.9 cm³/mol. The highest BCUT2D eigenvalue weighted by molar-refractivity contribution is 9.10. The van der Waals surface area contributed by atoms with Crippen molar-refractivity contribution in [2.45, 2.75) is 26.3 Å². The summed E-state index contributed by atoms with van der Waals surface area (Å²) in [4.78, 5) is 1.44. The molecule has 0 fully saturated rings. The number of hydrogen-bond acceptors (Lipinski definition) is 2. The van der Waals surface area contributed by atoms with Crippen LogP contribution in [-0.2, 0) is 6.42 Å². The molecule has 1 N–H and O–H groups in total. The Hall–Kier alpha value is 0.140.